The van der Waals surface area contributed by atoms with Gasteiger partial charge in [-0.05, 0) is 36.5 Å². The van der Waals surface area contributed by atoms with Crippen LogP contribution in [-0.4, -0.2) is 57.7 Å². The number of sulfone groups is 1. The number of nitrogens with zero attached hydrogens (tertiary/aromatic N) is 1. The molecule has 1 aromatic carbocycles. The van der Waals surface area contributed by atoms with Crippen LogP contribution in [0.5, 0.6) is 11.5 Å². The number of carbonyl (C=O) groups is 1. The van der Waals surface area contributed by atoms with E-state index < -0.39 is 9.84 Å². The minimum absolute atomic E-state index is 0.123. The predicted molar refractivity (Wildman–Crippen MR) is 105 cm³/mol. The van der Waals surface area contributed by atoms with Gasteiger partial charge >= 0.3 is 6.03 Å². The SMILES string of the molecule is COc1ccc(CNC(=O)N2CCC(S(=O)(=O)CC(C)C)CC2)cc1OC. The molecule has 0 aliphatic carbocycles. The molecule has 1 N–H and O–H groups in total. The highest BCUT2D eigenvalue weighted by Gasteiger charge is 2.31. The molecule has 1 aliphatic heterocycles. The molecular formula is C19H30N2O5S. The van der Waals surface area contributed by atoms with Crippen LogP contribution in [0.4, 0.5) is 4.79 Å². The summed E-state index contributed by atoms with van der Waals surface area (Å²) in [5.74, 6) is 1.58. The van der Waals surface area contributed by atoms with Gasteiger partial charge in [-0.1, -0.05) is 19.9 Å². The second kappa shape index (κ2) is 9.30. The first-order chi connectivity index (χ1) is 12.8. The summed E-state index contributed by atoms with van der Waals surface area (Å²) in [6, 6.07) is 5.31. The number of rotatable bonds is 7. The first-order valence-corrected chi connectivity index (χ1v) is 10.9. The molecule has 1 aromatic rings. The average Bonchev–Trinajstić information content (AvgIpc) is 2.64. The fourth-order valence-corrected chi connectivity index (χ4v) is 5.43. The average molecular weight is 399 g/mol. The van der Waals surface area contributed by atoms with Crippen LogP contribution < -0.4 is 14.8 Å². The Kier molecular flexibility index (Phi) is 7.35. The van der Waals surface area contributed by atoms with Crippen molar-refractivity contribution in [1.82, 2.24) is 10.2 Å². The lowest BCUT2D eigenvalue weighted by Crippen LogP contribution is -2.47. The van der Waals surface area contributed by atoms with Crippen LogP contribution >= 0.6 is 0 Å². The van der Waals surface area contributed by atoms with Crippen molar-refractivity contribution in [3.63, 3.8) is 0 Å². The first kappa shape index (κ1) is 21.3. The van der Waals surface area contributed by atoms with Gasteiger partial charge in [0.2, 0.25) is 0 Å². The monoisotopic (exact) mass is 398 g/mol. The maximum absolute atomic E-state index is 12.4. The highest BCUT2D eigenvalue weighted by atomic mass is 32.2. The van der Waals surface area contributed by atoms with Gasteiger partial charge in [0, 0.05) is 19.6 Å². The van der Waals surface area contributed by atoms with Crippen molar-refractivity contribution in [3.8, 4) is 11.5 Å². The van der Waals surface area contributed by atoms with Crippen LogP contribution in [0.2, 0.25) is 0 Å². The smallest absolute Gasteiger partial charge is 0.317 e. The largest absolute Gasteiger partial charge is 0.493 e. The molecule has 1 saturated heterocycles. The topological polar surface area (TPSA) is 84.9 Å². The summed E-state index contributed by atoms with van der Waals surface area (Å²) in [5, 5.41) is 2.55. The standard InChI is InChI=1S/C19H30N2O5S/c1-14(2)13-27(23,24)16-7-9-21(10-8-16)19(22)20-12-15-5-6-17(25-3)18(11-15)26-4/h5-6,11,14,16H,7-10,12-13H2,1-4H3,(H,20,22). The van der Waals surface area contributed by atoms with Crippen LogP contribution in [0, 0.1) is 5.92 Å². The zero-order valence-electron chi connectivity index (χ0n) is 16.5. The van der Waals surface area contributed by atoms with Gasteiger partial charge in [-0.25, -0.2) is 13.2 Å². The Labute approximate surface area is 161 Å². The third-order valence-electron chi connectivity index (χ3n) is 4.69. The number of hydrogen-bond acceptors (Lipinski definition) is 5. The number of hydrogen-bond donors (Lipinski definition) is 1. The van der Waals surface area contributed by atoms with Gasteiger partial charge in [-0.3, -0.25) is 0 Å². The van der Waals surface area contributed by atoms with Gasteiger partial charge in [0.1, 0.15) is 0 Å². The number of urea groups is 1. The lowest BCUT2D eigenvalue weighted by Gasteiger charge is -2.32. The van der Waals surface area contributed by atoms with Crippen molar-refractivity contribution in [2.24, 2.45) is 5.92 Å². The molecule has 152 valence electrons. The second-order valence-corrected chi connectivity index (χ2v) is 9.58. The number of carbonyl (C=O) groups excluding carboxylic acids is 1. The van der Waals surface area contributed by atoms with Gasteiger partial charge < -0.3 is 19.7 Å². The molecule has 0 unspecified atom stereocenters. The van der Waals surface area contributed by atoms with E-state index in [0.717, 1.165) is 5.56 Å². The summed E-state index contributed by atoms with van der Waals surface area (Å²) in [6.07, 6.45) is 0.998. The molecule has 2 amide bonds. The summed E-state index contributed by atoms with van der Waals surface area (Å²) in [5.41, 5.74) is 0.899. The lowest BCUT2D eigenvalue weighted by atomic mass is 10.1. The number of ether oxygens (including phenoxy) is 2. The molecule has 0 radical (unpaired) electrons. The Morgan fingerprint density at radius 3 is 2.37 bits per heavy atom. The fourth-order valence-electron chi connectivity index (χ4n) is 3.30. The maximum atomic E-state index is 12.4. The Bertz CT molecular complexity index is 740. The molecular weight excluding hydrogens is 368 g/mol. The van der Waals surface area contributed by atoms with E-state index >= 15 is 0 Å². The lowest BCUT2D eigenvalue weighted by molar-refractivity contribution is 0.186. The predicted octanol–water partition coefficient (Wildman–Crippen LogP) is 2.45. The molecule has 8 heteroatoms. The van der Waals surface area contributed by atoms with E-state index in [1.54, 1.807) is 25.2 Å². The molecule has 0 atom stereocenters. The molecule has 0 spiro atoms. The molecule has 1 fully saturated rings. The van der Waals surface area contributed by atoms with Crippen LogP contribution in [0.15, 0.2) is 18.2 Å². The van der Waals surface area contributed by atoms with Gasteiger partial charge in [0.25, 0.3) is 0 Å². The second-order valence-electron chi connectivity index (χ2n) is 7.26. The Morgan fingerprint density at radius 2 is 1.81 bits per heavy atom. The van der Waals surface area contributed by atoms with Crippen LogP contribution in [0.3, 0.4) is 0 Å². The summed E-state index contributed by atoms with van der Waals surface area (Å²) in [7, 11) is 0.0554. The van der Waals surface area contributed by atoms with Gasteiger partial charge in [0.15, 0.2) is 21.3 Å². The van der Waals surface area contributed by atoms with Crippen molar-refractivity contribution in [2.45, 2.75) is 38.5 Å². The van der Waals surface area contributed by atoms with Crippen LogP contribution in [0.1, 0.15) is 32.3 Å². The minimum atomic E-state index is -3.09. The highest BCUT2D eigenvalue weighted by Crippen LogP contribution is 2.27. The van der Waals surface area contributed by atoms with E-state index in [1.165, 1.54) is 0 Å². The third-order valence-corrected chi connectivity index (χ3v) is 7.31. The van der Waals surface area contributed by atoms with Crippen molar-refractivity contribution in [2.75, 3.05) is 33.1 Å². The van der Waals surface area contributed by atoms with Gasteiger partial charge in [-0.2, -0.15) is 0 Å². The number of nitrogens with one attached hydrogen (secondary N) is 1. The fraction of sp³-hybridized carbons (Fsp3) is 0.632. The van der Waals surface area contributed by atoms with E-state index in [2.05, 4.69) is 5.32 Å². The summed E-state index contributed by atoms with van der Waals surface area (Å²) in [6.45, 7) is 5.10. The van der Waals surface area contributed by atoms with Gasteiger partial charge in [0.05, 0.1) is 25.2 Å². The Hall–Kier alpha value is -1.96. The van der Waals surface area contributed by atoms with Crippen molar-refractivity contribution in [3.05, 3.63) is 23.8 Å². The molecule has 1 aliphatic rings. The minimum Gasteiger partial charge on any atom is -0.493 e. The summed E-state index contributed by atoms with van der Waals surface area (Å²) < 4.78 is 35.2. The summed E-state index contributed by atoms with van der Waals surface area (Å²) in [4.78, 5) is 14.1. The molecule has 0 bridgehead atoms. The third kappa shape index (κ3) is 5.76. The number of benzene rings is 1. The van der Waals surface area contributed by atoms with Crippen molar-refractivity contribution >= 4 is 15.9 Å². The van der Waals surface area contributed by atoms with E-state index in [1.807, 2.05) is 26.0 Å². The van der Waals surface area contributed by atoms with Crippen molar-refractivity contribution < 1.29 is 22.7 Å². The van der Waals surface area contributed by atoms with E-state index in [-0.39, 0.29) is 23.0 Å². The zero-order chi connectivity index (χ0) is 20.0. The van der Waals surface area contributed by atoms with Crippen molar-refractivity contribution in [1.29, 1.82) is 0 Å². The van der Waals surface area contributed by atoms with E-state index in [4.69, 9.17) is 9.47 Å². The zero-order valence-corrected chi connectivity index (χ0v) is 17.3. The highest BCUT2D eigenvalue weighted by molar-refractivity contribution is 7.92. The number of methoxy groups -OCH3 is 2. The maximum Gasteiger partial charge on any atom is 0.317 e. The van der Waals surface area contributed by atoms with Gasteiger partial charge in [-0.15, -0.1) is 0 Å². The molecule has 1 heterocycles. The Balaban J connectivity index is 1.86. The molecule has 2 rings (SSSR count). The van der Waals surface area contributed by atoms with E-state index in [0.29, 0.717) is 44.0 Å². The molecule has 27 heavy (non-hydrogen) atoms. The Morgan fingerprint density at radius 1 is 1.19 bits per heavy atom. The normalized spacial score (nSPS) is 15.7. The molecule has 0 saturated carbocycles. The number of amides is 2. The number of likely N-dealkylation sites (tertiary alicyclic amines) is 1. The number of piperidine rings is 1. The summed E-state index contributed by atoms with van der Waals surface area (Å²) >= 11 is 0. The molecule has 7 nitrogen and oxygen atoms in total. The quantitative estimate of drug-likeness (QED) is 0.763. The van der Waals surface area contributed by atoms with E-state index in [9.17, 15) is 13.2 Å². The van der Waals surface area contributed by atoms with Crippen LogP contribution in [0.25, 0.3) is 0 Å². The first-order valence-electron chi connectivity index (χ1n) is 9.22. The molecule has 0 aromatic heterocycles. The van der Waals surface area contributed by atoms with Crippen LogP contribution in [-0.2, 0) is 16.4 Å².